The second-order valence-corrected chi connectivity index (χ2v) is 8.36. The Morgan fingerprint density at radius 2 is 1.42 bits per heavy atom. The molecule has 2 aromatic carbocycles. The van der Waals surface area contributed by atoms with Crippen molar-refractivity contribution in [3.8, 4) is 0 Å². The molecule has 1 N–H and O–H groups in total. The number of nitrogens with zero attached hydrogens (tertiary/aromatic N) is 2. The van der Waals surface area contributed by atoms with Gasteiger partial charge in [-0.05, 0) is 41.3 Å². The number of hydrogen-bond donors (Lipinski definition) is 1. The molecule has 1 aliphatic rings. The summed E-state index contributed by atoms with van der Waals surface area (Å²) >= 11 is 0. The third kappa shape index (κ3) is 6.07. The number of esters is 1. The summed E-state index contributed by atoms with van der Waals surface area (Å²) in [6, 6.07) is 11.4. The third-order valence-electron chi connectivity index (χ3n) is 6.29. The smallest absolute Gasteiger partial charge is 0.328 e. The molecule has 2 atom stereocenters. The summed E-state index contributed by atoms with van der Waals surface area (Å²) in [5, 5.41) is 2.82. The van der Waals surface area contributed by atoms with Crippen LogP contribution in [0, 0.1) is 17.6 Å². The lowest BCUT2D eigenvalue weighted by Crippen LogP contribution is -2.56. The molecule has 0 unspecified atom stereocenters. The molecule has 33 heavy (non-hydrogen) atoms. The fraction of sp³-hybridized carbons (Fsp3) is 0.440. The SMILES string of the molecule is CC[C@@H](C)[C@H](NC(=O)N1CCN(C(c2ccc(F)cc2)c2ccc(F)cc2)CC1)C(=O)OC. The molecule has 1 saturated heterocycles. The maximum Gasteiger partial charge on any atom is 0.328 e. The van der Waals surface area contributed by atoms with E-state index in [2.05, 4.69) is 10.2 Å². The van der Waals surface area contributed by atoms with Crippen LogP contribution < -0.4 is 5.32 Å². The maximum atomic E-state index is 13.5. The van der Waals surface area contributed by atoms with E-state index in [1.807, 2.05) is 13.8 Å². The molecule has 6 nitrogen and oxygen atoms in total. The van der Waals surface area contributed by atoms with E-state index in [1.54, 1.807) is 29.2 Å². The lowest BCUT2D eigenvalue weighted by molar-refractivity contribution is -0.144. The second kappa shape index (κ2) is 11.2. The zero-order chi connectivity index (χ0) is 24.0. The van der Waals surface area contributed by atoms with Crippen LogP contribution in [0.5, 0.6) is 0 Å². The van der Waals surface area contributed by atoms with Crippen LogP contribution >= 0.6 is 0 Å². The number of rotatable bonds is 7. The topological polar surface area (TPSA) is 61.9 Å². The van der Waals surface area contributed by atoms with Crippen molar-refractivity contribution < 1.29 is 23.1 Å². The molecular weight excluding hydrogens is 428 g/mol. The fourth-order valence-corrected chi connectivity index (χ4v) is 4.11. The first-order valence-corrected chi connectivity index (χ1v) is 11.2. The van der Waals surface area contributed by atoms with Crippen LogP contribution in [0.1, 0.15) is 37.4 Å². The van der Waals surface area contributed by atoms with Crippen molar-refractivity contribution in [3.63, 3.8) is 0 Å². The highest BCUT2D eigenvalue weighted by Gasteiger charge is 2.32. The van der Waals surface area contributed by atoms with E-state index in [-0.39, 0.29) is 29.6 Å². The van der Waals surface area contributed by atoms with Crippen LogP contribution in [0.3, 0.4) is 0 Å². The Hall–Kier alpha value is -3.00. The van der Waals surface area contributed by atoms with Crippen LogP contribution in [0.4, 0.5) is 13.6 Å². The maximum absolute atomic E-state index is 13.5. The number of amides is 2. The molecule has 0 saturated carbocycles. The van der Waals surface area contributed by atoms with Crippen molar-refractivity contribution in [1.82, 2.24) is 15.1 Å². The molecule has 1 aliphatic heterocycles. The van der Waals surface area contributed by atoms with E-state index < -0.39 is 12.0 Å². The van der Waals surface area contributed by atoms with Crippen molar-refractivity contribution in [2.75, 3.05) is 33.3 Å². The summed E-state index contributed by atoms with van der Waals surface area (Å²) in [7, 11) is 1.31. The van der Waals surface area contributed by atoms with Gasteiger partial charge in [0.1, 0.15) is 17.7 Å². The Bertz CT molecular complexity index is 883. The van der Waals surface area contributed by atoms with Crippen LogP contribution in [-0.4, -0.2) is 61.1 Å². The number of hydrogen-bond acceptors (Lipinski definition) is 4. The van der Waals surface area contributed by atoms with Gasteiger partial charge in [-0.15, -0.1) is 0 Å². The predicted molar refractivity (Wildman–Crippen MR) is 122 cm³/mol. The number of benzene rings is 2. The van der Waals surface area contributed by atoms with Crippen LogP contribution in [0.2, 0.25) is 0 Å². The first-order valence-electron chi connectivity index (χ1n) is 11.2. The van der Waals surface area contributed by atoms with Gasteiger partial charge in [-0.25, -0.2) is 18.4 Å². The van der Waals surface area contributed by atoms with Crippen LogP contribution in [0.25, 0.3) is 0 Å². The number of carbonyl (C=O) groups excluding carboxylic acids is 2. The van der Waals surface area contributed by atoms with Gasteiger partial charge in [-0.2, -0.15) is 0 Å². The van der Waals surface area contributed by atoms with Crippen LogP contribution in [0.15, 0.2) is 48.5 Å². The number of methoxy groups -OCH3 is 1. The Morgan fingerprint density at radius 3 is 1.85 bits per heavy atom. The Kier molecular flexibility index (Phi) is 8.38. The first-order chi connectivity index (χ1) is 15.8. The largest absolute Gasteiger partial charge is 0.467 e. The monoisotopic (exact) mass is 459 g/mol. The number of nitrogens with one attached hydrogen (secondary N) is 1. The fourth-order valence-electron chi connectivity index (χ4n) is 4.11. The molecule has 0 aliphatic carbocycles. The van der Waals surface area contributed by atoms with Gasteiger partial charge in [-0.3, -0.25) is 4.90 Å². The zero-order valence-corrected chi connectivity index (χ0v) is 19.3. The molecule has 1 fully saturated rings. The summed E-state index contributed by atoms with van der Waals surface area (Å²) in [5.74, 6) is -1.15. The average Bonchev–Trinajstić information content (AvgIpc) is 2.84. The number of ether oxygens (including phenoxy) is 1. The molecule has 0 bridgehead atoms. The zero-order valence-electron chi connectivity index (χ0n) is 19.3. The molecule has 8 heteroatoms. The number of halogens is 2. The van der Waals surface area contributed by atoms with Gasteiger partial charge >= 0.3 is 12.0 Å². The van der Waals surface area contributed by atoms with E-state index in [9.17, 15) is 18.4 Å². The summed E-state index contributed by atoms with van der Waals surface area (Å²) in [6.45, 7) is 5.91. The quantitative estimate of drug-likeness (QED) is 0.637. The third-order valence-corrected chi connectivity index (χ3v) is 6.29. The Labute approximate surface area is 193 Å². The van der Waals surface area contributed by atoms with E-state index in [4.69, 9.17) is 4.74 Å². The molecule has 0 spiro atoms. The predicted octanol–water partition coefficient (Wildman–Crippen LogP) is 3.97. The minimum absolute atomic E-state index is 0.0518. The normalized spacial score (nSPS) is 16.4. The minimum atomic E-state index is -0.697. The van der Waals surface area contributed by atoms with Crippen molar-refractivity contribution >= 4 is 12.0 Å². The molecular formula is C25H31F2N3O3. The van der Waals surface area contributed by atoms with Crippen molar-refractivity contribution in [1.29, 1.82) is 0 Å². The summed E-state index contributed by atoms with van der Waals surface area (Å²) < 4.78 is 31.9. The van der Waals surface area contributed by atoms with Gasteiger partial charge in [0, 0.05) is 26.2 Å². The summed E-state index contributed by atoms with van der Waals surface area (Å²) in [4.78, 5) is 28.8. The van der Waals surface area contributed by atoms with E-state index >= 15 is 0 Å². The van der Waals surface area contributed by atoms with Gasteiger partial charge in [0.25, 0.3) is 0 Å². The lowest BCUT2D eigenvalue weighted by Gasteiger charge is -2.40. The molecule has 178 valence electrons. The Balaban J connectivity index is 1.72. The minimum Gasteiger partial charge on any atom is -0.467 e. The summed E-state index contributed by atoms with van der Waals surface area (Å²) in [6.07, 6.45) is 0.727. The van der Waals surface area contributed by atoms with Gasteiger partial charge in [0.05, 0.1) is 13.2 Å². The Morgan fingerprint density at radius 1 is 0.939 bits per heavy atom. The summed E-state index contributed by atoms with van der Waals surface area (Å²) in [5.41, 5.74) is 1.78. The molecule has 0 radical (unpaired) electrons. The molecule has 0 aromatic heterocycles. The second-order valence-electron chi connectivity index (χ2n) is 8.36. The highest BCUT2D eigenvalue weighted by molar-refractivity contribution is 5.83. The van der Waals surface area contributed by atoms with Crippen molar-refractivity contribution in [2.45, 2.75) is 32.4 Å². The molecule has 2 aromatic rings. The van der Waals surface area contributed by atoms with Crippen molar-refractivity contribution in [3.05, 3.63) is 71.3 Å². The molecule has 2 amide bonds. The van der Waals surface area contributed by atoms with Gasteiger partial charge < -0.3 is 15.0 Å². The number of urea groups is 1. The standard InChI is InChI=1S/C25H31F2N3O3/c1-4-17(2)22(24(31)33-3)28-25(32)30-15-13-29(14-16-30)23(18-5-9-20(26)10-6-18)19-7-11-21(27)12-8-19/h5-12,17,22-23H,4,13-16H2,1-3H3,(H,28,32)/t17-,22+/m1/s1. The van der Waals surface area contributed by atoms with Crippen molar-refractivity contribution in [2.24, 2.45) is 5.92 Å². The van der Waals surface area contributed by atoms with E-state index in [0.29, 0.717) is 26.2 Å². The molecule has 3 rings (SSSR count). The van der Waals surface area contributed by atoms with Gasteiger partial charge in [-0.1, -0.05) is 44.5 Å². The van der Waals surface area contributed by atoms with E-state index in [0.717, 1.165) is 17.5 Å². The molecule has 1 heterocycles. The number of carbonyl (C=O) groups is 2. The highest BCUT2D eigenvalue weighted by Crippen LogP contribution is 2.30. The van der Waals surface area contributed by atoms with Gasteiger partial charge in [0.15, 0.2) is 0 Å². The highest BCUT2D eigenvalue weighted by atomic mass is 19.1. The first kappa shape index (κ1) is 24.6. The van der Waals surface area contributed by atoms with E-state index in [1.165, 1.54) is 31.4 Å². The average molecular weight is 460 g/mol. The lowest BCUT2D eigenvalue weighted by atomic mass is 9.96. The number of piperazine rings is 1. The van der Waals surface area contributed by atoms with Crippen LogP contribution in [-0.2, 0) is 9.53 Å². The van der Waals surface area contributed by atoms with Gasteiger partial charge in [0.2, 0.25) is 0 Å².